The SMILES string of the molecule is Cn1ncnc1CC(=O)c1csc(I)c1. The van der Waals surface area contributed by atoms with Gasteiger partial charge in [0.1, 0.15) is 12.2 Å². The van der Waals surface area contributed by atoms with E-state index in [0.29, 0.717) is 12.2 Å². The molecule has 2 aromatic rings. The third-order valence-corrected chi connectivity index (χ3v) is 3.80. The Hall–Kier alpha value is -0.760. The van der Waals surface area contributed by atoms with Crippen molar-refractivity contribution in [1.29, 1.82) is 0 Å². The predicted octanol–water partition coefficient (Wildman–Crippen LogP) is 1.91. The lowest BCUT2D eigenvalue weighted by Gasteiger charge is -1.97. The lowest BCUT2D eigenvalue weighted by Crippen LogP contribution is -2.08. The molecule has 2 aromatic heterocycles. The highest BCUT2D eigenvalue weighted by molar-refractivity contribution is 14.1. The summed E-state index contributed by atoms with van der Waals surface area (Å²) in [5.41, 5.74) is 0.757. The van der Waals surface area contributed by atoms with Gasteiger partial charge in [0.25, 0.3) is 0 Å². The van der Waals surface area contributed by atoms with Gasteiger partial charge in [-0.1, -0.05) is 0 Å². The molecule has 0 amide bonds. The number of hydrogen-bond donors (Lipinski definition) is 0. The molecule has 4 nitrogen and oxygen atoms in total. The molecule has 0 aliphatic heterocycles. The highest BCUT2D eigenvalue weighted by atomic mass is 127. The van der Waals surface area contributed by atoms with E-state index in [9.17, 15) is 4.79 Å². The number of thiophene rings is 1. The molecule has 0 aliphatic rings. The third kappa shape index (κ3) is 2.43. The van der Waals surface area contributed by atoms with Gasteiger partial charge in [0.15, 0.2) is 5.78 Å². The van der Waals surface area contributed by atoms with Gasteiger partial charge in [0, 0.05) is 18.0 Å². The van der Waals surface area contributed by atoms with Crippen LogP contribution < -0.4 is 0 Å². The van der Waals surface area contributed by atoms with Crippen LogP contribution in [-0.4, -0.2) is 20.5 Å². The number of Topliss-reactive ketones (excluding diaryl/α,β-unsaturated/α-hetero) is 1. The number of ketones is 1. The van der Waals surface area contributed by atoms with Crippen LogP contribution in [0, 0.1) is 2.88 Å². The van der Waals surface area contributed by atoms with Crippen LogP contribution >= 0.6 is 33.9 Å². The summed E-state index contributed by atoms with van der Waals surface area (Å²) in [6, 6.07) is 1.89. The first-order valence-electron chi connectivity index (χ1n) is 4.27. The van der Waals surface area contributed by atoms with Crippen molar-refractivity contribution in [2.75, 3.05) is 0 Å². The lowest BCUT2D eigenvalue weighted by molar-refractivity contribution is 0.0990. The molecule has 0 unspecified atom stereocenters. The van der Waals surface area contributed by atoms with E-state index >= 15 is 0 Å². The molecule has 0 aliphatic carbocycles. The summed E-state index contributed by atoms with van der Waals surface area (Å²) in [7, 11) is 1.78. The molecule has 0 atom stereocenters. The summed E-state index contributed by atoms with van der Waals surface area (Å²) in [6.45, 7) is 0. The van der Waals surface area contributed by atoms with Crippen LogP contribution in [0.4, 0.5) is 0 Å². The van der Waals surface area contributed by atoms with Crippen LogP contribution in [0.25, 0.3) is 0 Å². The number of hydrogen-bond acceptors (Lipinski definition) is 4. The second kappa shape index (κ2) is 4.40. The van der Waals surface area contributed by atoms with Gasteiger partial charge in [-0.25, -0.2) is 4.98 Å². The normalized spacial score (nSPS) is 10.5. The van der Waals surface area contributed by atoms with Crippen LogP contribution in [0.1, 0.15) is 16.2 Å². The number of carbonyl (C=O) groups is 1. The minimum absolute atomic E-state index is 0.0882. The molecular formula is C9H8IN3OS. The van der Waals surface area contributed by atoms with Crippen LogP contribution in [-0.2, 0) is 13.5 Å². The molecule has 78 valence electrons. The van der Waals surface area contributed by atoms with E-state index in [2.05, 4.69) is 32.7 Å². The number of rotatable bonds is 3. The Bertz CT molecular complexity index is 491. The maximum Gasteiger partial charge on any atom is 0.171 e. The van der Waals surface area contributed by atoms with E-state index in [1.54, 1.807) is 23.1 Å². The van der Waals surface area contributed by atoms with E-state index in [1.165, 1.54) is 6.33 Å². The van der Waals surface area contributed by atoms with Gasteiger partial charge in [-0.2, -0.15) is 5.10 Å². The first-order chi connectivity index (χ1) is 7.16. The van der Waals surface area contributed by atoms with Crippen LogP contribution in [0.2, 0.25) is 0 Å². The fourth-order valence-corrected chi connectivity index (χ4v) is 2.53. The van der Waals surface area contributed by atoms with Crippen molar-refractivity contribution in [2.45, 2.75) is 6.42 Å². The molecule has 6 heteroatoms. The first kappa shape index (κ1) is 10.7. The second-order valence-electron chi connectivity index (χ2n) is 3.04. The van der Waals surface area contributed by atoms with Crippen molar-refractivity contribution < 1.29 is 4.79 Å². The Morgan fingerprint density at radius 1 is 1.67 bits per heavy atom. The summed E-state index contributed by atoms with van der Waals surface area (Å²) >= 11 is 3.78. The highest BCUT2D eigenvalue weighted by Gasteiger charge is 2.11. The standard InChI is InChI=1S/C9H8IN3OS/c1-13-9(11-5-12-13)3-7(14)6-2-8(10)15-4-6/h2,4-5H,3H2,1H3. The van der Waals surface area contributed by atoms with E-state index in [-0.39, 0.29) is 5.78 Å². The molecule has 0 N–H and O–H groups in total. The Kier molecular flexibility index (Phi) is 3.15. The summed E-state index contributed by atoms with van der Waals surface area (Å²) in [4.78, 5) is 15.8. The van der Waals surface area contributed by atoms with Gasteiger partial charge in [0.05, 0.1) is 9.30 Å². The van der Waals surface area contributed by atoms with Gasteiger partial charge in [-0.05, 0) is 28.7 Å². The van der Waals surface area contributed by atoms with E-state index in [4.69, 9.17) is 0 Å². The zero-order valence-corrected chi connectivity index (χ0v) is 10.9. The van der Waals surface area contributed by atoms with Gasteiger partial charge < -0.3 is 0 Å². The Morgan fingerprint density at radius 2 is 2.47 bits per heavy atom. The van der Waals surface area contributed by atoms with Crippen molar-refractivity contribution in [1.82, 2.24) is 14.8 Å². The molecule has 0 saturated heterocycles. The van der Waals surface area contributed by atoms with Crippen molar-refractivity contribution in [3.8, 4) is 0 Å². The van der Waals surface area contributed by atoms with Gasteiger partial charge in [0.2, 0.25) is 0 Å². The largest absolute Gasteiger partial charge is 0.294 e. The number of carbonyl (C=O) groups excluding carboxylic acids is 1. The molecule has 0 bridgehead atoms. The average molecular weight is 333 g/mol. The molecule has 0 spiro atoms. The molecule has 0 radical (unpaired) electrons. The molecule has 0 saturated carbocycles. The quantitative estimate of drug-likeness (QED) is 0.637. The fraction of sp³-hybridized carbons (Fsp3) is 0.222. The molecule has 15 heavy (non-hydrogen) atoms. The minimum atomic E-state index is 0.0882. The molecular weight excluding hydrogens is 325 g/mol. The summed E-state index contributed by atoms with van der Waals surface area (Å²) in [6.07, 6.45) is 1.77. The van der Waals surface area contributed by atoms with E-state index in [1.807, 2.05) is 11.4 Å². The summed E-state index contributed by atoms with van der Waals surface area (Å²) < 4.78 is 2.74. The zero-order valence-electron chi connectivity index (χ0n) is 7.98. The highest BCUT2D eigenvalue weighted by Crippen LogP contribution is 2.17. The lowest BCUT2D eigenvalue weighted by atomic mass is 10.1. The molecule has 2 rings (SSSR count). The van der Waals surface area contributed by atoms with Crippen molar-refractivity contribution in [3.05, 3.63) is 32.0 Å². The minimum Gasteiger partial charge on any atom is -0.294 e. The zero-order chi connectivity index (χ0) is 10.8. The van der Waals surface area contributed by atoms with E-state index < -0.39 is 0 Å². The topological polar surface area (TPSA) is 47.8 Å². The number of halogens is 1. The molecule has 0 aromatic carbocycles. The van der Waals surface area contributed by atoms with E-state index in [0.717, 1.165) is 8.45 Å². The maximum atomic E-state index is 11.8. The fourth-order valence-electron chi connectivity index (χ4n) is 1.18. The van der Waals surface area contributed by atoms with Gasteiger partial charge in [-0.3, -0.25) is 9.48 Å². The number of nitrogens with zero attached hydrogens (tertiary/aromatic N) is 3. The molecule has 0 fully saturated rings. The van der Waals surface area contributed by atoms with Crippen molar-refractivity contribution in [2.24, 2.45) is 7.05 Å². The second-order valence-corrected chi connectivity index (χ2v) is 5.84. The summed E-state index contributed by atoms with van der Waals surface area (Å²) in [5, 5.41) is 5.80. The van der Waals surface area contributed by atoms with Crippen molar-refractivity contribution in [3.63, 3.8) is 0 Å². The smallest absolute Gasteiger partial charge is 0.171 e. The van der Waals surface area contributed by atoms with Crippen LogP contribution in [0.15, 0.2) is 17.8 Å². The van der Waals surface area contributed by atoms with Crippen LogP contribution in [0.5, 0.6) is 0 Å². The van der Waals surface area contributed by atoms with Gasteiger partial charge in [-0.15, -0.1) is 11.3 Å². The third-order valence-electron chi connectivity index (χ3n) is 2.01. The Labute approximate surface area is 104 Å². The van der Waals surface area contributed by atoms with Gasteiger partial charge >= 0.3 is 0 Å². The maximum absolute atomic E-state index is 11.8. The summed E-state index contributed by atoms with van der Waals surface area (Å²) in [5.74, 6) is 0.784. The monoisotopic (exact) mass is 333 g/mol. The predicted molar refractivity (Wildman–Crippen MR) is 66.1 cm³/mol. The first-order valence-corrected chi connectivity index (χ1v) is 6.23. The number of aryl methyl sites for hydroxylation is 1. The Balaban J connectivity index is 2.14. The molecule has 2 heterocycles. The van der Waals surface area contributed by atoms with Crippen LogP contribution in [0.3, 0.4) is 0 Å². The number of aromatic nitrogens is 3. The Morgan fingerprint density at radius 3 is 3.00 bits per heavy atom. The van der Waals surface area contributed by atoms with Crippen molar-refractivity contribution >= 4 is 39.7 Å². The average Bonchev–Trinajstić information content (AvgIpc) is 2.77.